The predicted octanol–water partition coefficient (Wildman–Crippen LogP) is 2.63. The number of para-hydroxylation sites is 1. The lowest BCUT2D eigenvalue weighted by Gasteiger charge is -2.32. The van der Waals surface area contributed by atoms with Gasteiger partial charge in [-0.3, -0.25) is 4.79 Å². The van der Waals surface area contributed by atoms with E-state index in [1.165, 1.54) is 18.2 Å². The number of carbonyl (C=O) groups excluding carboxylic acids is 1. The standard InChI is InChI=1S/C17H19FN4O2/c1-11-19-15(9-16(23)20-11)12-5-4-8-22(10-12)17(24)21-14-7-3-2-6-13(14)18/h2-3,6-7,9,12H,4-5,8,10H2,1H3,(H,21,24)(H,19,20,23). The van der Waals surface area contributed by atoms with Gasteiger partial charge in [0, 0.05) is 25.1 Å². The van der Waals surface area contributed by atoms with E-state index in [1.807, 2.05) is 0 Å². The van der Waals surface area contributed by atoms with Gasteiger partial charge in [0.2, 0.25) is 0 Å². The van der Waals surface area contributed by atoms with Crippen LogP contribution in [0.15, 0.2) is 35.1 Å². The summed E-state index contributed by atoms with van der Waals surface area (Å²) in [6, 6.07) is 7.21. The van der Waals surface area contributed by atoms with Gasteiger partial charge in [0.15, 0.2) is 0 Å². The normalized spacial score (nSPS) is 17.6. The minimum absolute atomic E-state index is 0.00567. The lowest BCUT2D eigenvalue weighted by molar-refractivity contribution is 0.192. The molecule has 1 fully saturated rings. The molecule has 2 heterocycles. The van der Waals surface area contributed by atoms with Crippen molar-refractivity contribution in [3.05, 3.63) is 58.0 Å². The Hall–Kier alpha value is -2.70. The van der Waals surface area contributed by atoms with Crippen molar-refractivity contribution in [2.24, 2.45) is 0 Å². The van der Waals surface area contributed by atoms with E-state index in [2.05, 4.69) is 15.3 Å². The van der Waals surface area contributed by atoms with Crippen LogP contribution in [0.5, 0.6) is 0 Å². The van der Waals surface area contributed by atoms with Crippen LogP contribution in [0.1, 0.15) is 30.3 Å². The van der Waals surface area contributed by atoms with E-state index in [-0.39, 0.29) is 23.2 Å². The molecular weight excluding hydrogens is 311 g/mol. The number of nitrogens with zero attached hydrogens (tertiary/aromatic N) is 2. The van der Waals surface area contributed by atoms with Crippen molar-refractivity contribution in [1.29, 1.82) is 0 Å². The van der Waals surface area contributed by atoms with Crippen molar-refractivity contribution in [2.45, 2.75) is 25.7 Å². The quantitative estimate of drug-likeness (QED) is 0.888. The van der Waals surface area contributed by atoms with Crippen LogP contribution in [0.2, 0.25) is 0 Å². The summed E-state index contributed by atoms with van der Waals surface area (Å²) >= 11 is 0. The van der Waals surface area contributed by atoms with Gasteiger partial charge in [0.1, 0.15) is 11.6 Å². The van der Waals surface area contributed by atoms with E-state index in [9.17, 15) is 14.0 Å². The Balaban J connectivity index is 1.72. The topological polar surface area (TPSA) is 78.1 Å². The molecule has 1 unspecified atom stereocenters. The number of aryl methyl sites for hydroxylation is 1. The Kier molecular flexibility index (Phi) is 4.59. The molecule has 1 aromatic carbocycles. The van der Waals surface area contributed by atoms with Crippen molar-refractivity contribution in [2.75, 3.05) is 18.4 Å². The highest BCUT2D eigenvalue weighted by atomic mass is 19.1. The van der Waals surface area contributed by atoms with E-state index < -0.39 is 5.82 Å². The summed E-state index contributed by atoms with van der Waals surface area (Å²) in [6.07, 6.45) is 1.67. The van der Waals surface area contributed by atoms with E-state index in [0.29, 0.717) is 24.6 Å². The summed E-state index contributed by atoms with van der Waals surface area (Å²) < 4.78 is 13.7. The summed E-state index contributed by atoms with van der Waals surface area (Å²) in [4.78, 5) is 32.6. The lowest BCUT2D eigenvalue weighted by atomic mass is 9.94. The number of rotatable bonds is 2. The predicted molar refractivity (Wildman–Crippen MR) is 88.6 cm³/mol. The van der Waals surface area contributed by atoms with Crippen LogP contribution in [-0.4, -0.2) is 34.0 Å². The van der Waals surface area contributed by atoms with E-state index in [1.54, 1.807) is 24.0 Å². The van der Waals surface area contributed by atoms with Crippen LogP contribution in [0.25, 0.3) is 0 Å². The molecule has 0 aliphatic carbocycles. The summed E-state index contributed by atoms with van der Waals surface area (Å²) in [5.41, 5.74) is 0.667. The minimum Gasteiger partial charge on any atom is -0.324 e. The molecule has 6 nitrogen and oxygen atoms in total. The maximum atomic E-state index is 13.7. The highest BCUT2D eigenvalue weighted by Crippen LogP contribution is 2.25. The average molecular weight is 330 g/mol. The number of hydrogen-bond donors (Lipinski definition) is 2. The molecule has 0 saturated carbocycles. The monoisotopic (exact) mass is 330 g/mol. The number of likely N-dealkylation sites (tertiary alicyclic amines) is 1. The van der Waals surface area contributed by atoms with Crippen LogP contribution in [0.3, 0.4) is 0 Å². The number of piperidine rings is 1. The highest BCUT2D eigenvalue weighted by Gasteiger charge is 2.26. The highest BCUT2D eigenvalue weighted by molar-refractivity contribution is 5.89. The zero-order valence-corrected chi connectivity index (χ0v) is 13.4. The Bertz CT molecular complexity index is 805. The lowest BCUT2D eigenvalue weighted by Crippen LogP contribution is -2.42. The van der Waals surface area contributed by atoms with Crippen LogP contribution in [0.4, 0.5) is 14.9 Å². The Morgan fingerprint density at radius 2 is 2.21 bits per heavy atom. The average Bonchev–Trinajstić information content (AvgIpc) is 2.56. The number of H-pyrrole nitrogens is 1. The van der Waals surface area contributed by atoms with Gasteiger partial charge >= 0.3 is 6.03 Å². The number of nitrogens with one attached hydrogen (secondary N) is 2. The fourth-order valence-corrected chi connectivity index (χ4v) is 2.97. The Morgan fingerprint density at radius 1 is 1.42 bits per heavy atom. The van der Waals surface area contributed by atoms with Crippen molar-refractivity contribution in [3.8, 4) is 0 Å². The third-order valence-electron chi connectivity index (χ3n) is 4.12. The molecular formula is C17H19FN4O2. The van der Waals surface area contributed by atoms with Crippen LogP contribution in [-0.2, 0) is 0 Å². The smallest absolute Gasteiger partial charge is 0.321 e. The second kappa shape index (κ2) is 6.82. The number of hydrogen-bond acceptors (Lipinski definition) is 3. The summed E-state index contributed by atoms with van der Waals surface area (Å²) in [6.45, 7) is 2.78. The number of amides is 2. The third-order valence-corrected chi connectivity index (χ3v) is 4.12. The first-order valence-corrected chi connectivity index (χ1v) is 7.91. The van der Waals surface area contributed by atoms with Gasteiger partial charge in [-0.25, -0.2) is 14.2 Å². The molecule has 24 heavy (non-hydrogen) atoms. The van der Waals surface area contributed by atoms with Crippen molar-refractivity contribution in [1.82, 2.24) is 14.9 Å². The number of aromatic nitrogens is 2. The fourth-order valence-electron chi connectivity index (χ4n) is 2.97. The summed E-state index contributed by atoms with van der Waals surface area (Å²) in [5.74, 6) is 0.0999. The molecule has 1 saturated heterocycles. The van der Waals surface area contributed by atoms with Gasteiger partial charge in [-0.1, -0.05) is 12.1 Å². The molecule has 2 aromatic rings. The molecule has 0 spiro atoms. The number of benzene rings is 1. The minimum atomic E-state index is -0.466. The van der Waals surface area contributed by atoms with Gasteiger partial charge in [0.25, 0.3) is 5.56 Å². The molecule has 7 heteroatoms. The third kappa shape index (κ3) is 3.61. The molecule has 0 bridgehead atoms. The first-order valence-electron chi connectivity index (χ1n) is 7.91. The van der Waals surface area contributed by atoms with Gasteiger partial charge in [-0.2, -0.15) is 0 Å². The van der Waals surface area contributed by atoms with Crippen molar-refractivity contribution >= 4 is 11.7 Å². The van der Waals surface area contributed by atoms with Crippen LogP contribution >= 0.6 is 0 Å². The first-order chi connectivity index (χ1) is 11.5. The molecule has 1 aliphatic rings. The molecule has 2 amide bonds. The zero-order valence-electron chi connectivity index (χ0n) is 13.4. The molecule has 0 radical (unpaired) electrons. The fraction of sp³-hybridized carbons (Fsp3) is 0.353. The number of halogens is 1. The number of anilines is 1. The van der Waals surface area contributed by atoms with Crippen molar-refractivity contribution < 1.29 is 9.18 Å². The largest absolute Gasteiger partial charge is 0.324 e. The van der Waals surface area contributed by atoms with E-state index in [0.717, 1.165) is 12.8 Å². The number of carbonyl (C=O) groups is 1. The molecule has 3 rings (SSSR count). The number of aromatic amines is 1. The summed E-state index contributed by atoms with van der Waals surface area (Å²) in [5, 5.41) is 2.60. The molecule has 1 atom stereocenters. The summed E-state index contributed by atoms with van der Waals surface area (Å²) in [7, 11) is 0. The van der Waals surface area contributed by atoms with E-state index >= 15 is 0 Å². The second-order valence-electron chi connectivity index (χ2n) is 5.95. The SMILES string of the molecule is Cc1nc(C2CCCN(C(=O)Nc3ccccc3F)C2)cc(=O)[nH]1. The molecule has 1 aromatic heterocycles. The Morgan fingerprint density at radius 3 is 2.96 bits per heavy atom. The van der Waals surface area contributed by atoms with Gasteiger partial charge in [-0.05, 0) is 31.9 Å². The van der Waals surface area contributed by atoms with E-state index in [4.69, 9.17) is 0 Å². The van der Waals surface area contributed by atoms with Crippen LogP contribution in [0, 0.1) is 12.7 Å². The Labute approximate surface area is 138 Å². The zero-order chi connectivity index (χ0) is 17.1. The maximum absolute atomic E-state index is 13.7. The molecule has 126 valence electrons. The van der Waals surface area contributed by atoms with Crippen molar-refractivity contribution in [3.63, 3.8) is 0 Å². The van der Waals surface area contributed by atoms with Gasteiger partial charge in [-0.15, -0.1) is 0 Å². The maximum Gasteiger partial charge on any atom is 0.321 e. The first kappa shape index (κ1) is 16.2. The second-order valence-corrected chi connectivity index (χ2v) is 5.95. The number of urea groups is 1. The van der Waals surface area contributed by atoms with Gasteiger partial charge in [0.05, 0.1) is 11.4 Å². The van der Waals surface area contributed by atoms with Gasteiger partial charge < -0.3 is 15.2 Å². The molecule has 2 N–H and O–H groups in total. The van der Waals surface area contributed by atoms with Crippen LogP contribution < -0.4 is 10.9 Å². The molecule has 1 aliphatic heterocycles.